The number of likely N-dealkylation sites (N-methyl/N-ethyl adjacent to an activating group) is 1. The Balaban J connectivity index is 1.67. The van der Waals surface area contributed by atoms with Gasteiger partial charge in [0, 0.05) is 18.6 Å². The minimum Gasteiger partial charge on any atom is -0.335 e. The molecule has 0 saturated carbocycles. The van der Waals surface area contributed by atoms with Crippen LogP contribution in [0.25, 0.3) is 0 Å². The van der Waals surface area contributed by atoms with Gasteiger partial charge in [-0.1, -0.05) is 0 Å². The SMILES string of the molecule is CN1CCC(NC(=O)NC2CCNCC2)C1. The fourth-order valence-corrected chi connectivity index (χ4v) is 2.43. The Bertz CT molecular complexity index is 231. The Hall–Kier alpha value is -0.810. The highest BCUT2D eigenvalue weighted by molar-refractivity contribution is 5.74. The summed E-state index contributed by atoms with van der Waals surface area (Å²) in [5.41, 5.74) is 0. The summed E-state index contributed by atoms with van der Waals surface area (Å²) in [7, 11) is 2.09. The van der Waals surface area contributed by atoms with Crippen molar-refractivity contribution in [2.75, 3.05) is 33.2 Å². The lowest BCUT2D eigenvalue weighted by Gasteiger charge is -2.24. The molecule has 2 aliphatic rings. The van der Waals surface area contributed by atoms with Crippen molar-refractivity contribution in [3.05, 3.63) is 0 Å². The van der Waals surface area contributed by atoms with Crippen LogP contribution in [0.2, 0.25) is 0 Å². The van der Waals surface area contributed by atoms with Crippen LogP contribution in [0.1, 0.15) is 19.3 Å². The molecule has 92 valence electrons. The molecule has 0 spiro atoms. The van der Waals surface area contributed by atoms with Gasteiger partial charge in [-0.15, -0.1) is 0 Å². The van der Waals surface area contributed by atoms with Crippen LogP contribution in [0.3, 0.4) is 0 Å². The molecule has 1 atom stereocenters. The van der Waals surface area contributed by atoms with Gasteiger partial charge < -0.3 is 20.9 Å². The molecule has 0 aromatic rings. The van der Waals surface area contributed by atoms with Gasteiger partial charge in [0.05, 0.1) is 0 Å². The number of nitrogens with one attached hydrogen (secondary N) is 3. The second-order valence-corrected chi connectivity index (χ2v) is 4.89. The Morgan fingerprint density at radius 3 is 2.50 bits per heavy atom. The summed E-state index contributed by atoms with van der Waals surface area (Å²) in [5.74, 6) is 0. The van der Waals surface area contributed by atoms with E-state index in [9.17, 15) is 4.79 Å². The molecule has 0 aromatic carbocycles. The summed E-state index contributed by atoms with van der Waals surface area (Å²) >= 11 is 0. The van der Waals surface area contributed by atoms with E-state index in [-0.39, 0.29) is 6.03 Å². The molecule has 16 heavy (non-hydrogen) atoms. The number of piperidine rings is 1. The topological polar surface area (TPSA) is 56.4 Å². The van der Waals surface area contributed by atoms with E-state index < -0.39 is 0 Å². The van der Waals surface area contributed by atoms with E-state index in [0.717, 1.165) is 45.4 Å². The second-order valence-electron chi connectivity index (χ2n) is 4.89. The molecule has 2 saturated heterocycles. The maximum absolute atomic E-state index is 11.7. The van der Waals surface area contributed by atoms with E-state index in [2.05, 4.69) is 27.9 Å². The highest BCUT2D eigenvalue weighted by atomic mass is 16.2. The normalized spacial score (nSPS) is 27.9. The van der Waals surface area contributed by atoms with Crippen molar-refractivity contribution in [1.29, 1.82) is 0 Å². The van der Waals surface area contributed by atoms with Crippen molar-refractivity contribution in [2.45, 2.75) is 31.3 Å². The van der Waals surface area contributed by atoms with E-state index in [1.807, 2.05) is 0 Å². The Kier molecular flexibility index (Phi) is 4.01. The molecule has 5 heteroatoms. The third kappa shape index (κ3) is 3.35. The predicted molar refractivity (Wildman–Crippen MR) is 63.5 cm³/mol. The third-order valence-corrected chi connectivity index (χ3v) is 3.40. The first-order valence-electron chi connectivity index (χ1n) is 6.20. The Morgan fingerprint density at radius 1 is 1.19 bits per heavy atom. The molecule has 0 bridgehead atoms. The van der Waals surface area contributed by atoms with Crippen LogP contribution in [-0.4, -0.2) is 56.2 Å². The molecule has 2 aliphatic heterocycles. The van der Waals surface area contributed by atoms with E-state index >= 15 is 0 Å². The lowest BCUT2D eigenvalue weighted by molar-refractivity contribution is 0.229. The zero-order valence-corrected chi connectivity index (χ0v) is 9.96. The number of carbonyl (C=O) groups is 1. The Labute approximate surface area is 96.9 Å². The molecule has 2 rings (SSSR count). The lowest BCUT2D eigenvalue weighted by atomic mass is 10.1. The predicted octanol–water partition coefficient (Wildman–Crippen LogP) is -0.258. The fraction of sp³-hybridized carbons (Fsp3) is 0.909. The maximum Gasteiger partial charge on any atom is 0.315 e. The van der Waals surface area contributed by atoms with Crippen LogP contribution in [0.4, 0.5) is 4.79 Å². The van der Waals surface area contributed by atoms with Crippen molar-refractivity contribution in [3.63, 3.8) is 0 Å². The summed E-state index contributed by atoms with van der Waals surface area (Å²) in [6.07, 6.45) is 3.14. The Morgan fingerprint density at radius 2 is 1.88 bits per heavy atom. The number of carbonyl (C=O) groups excluding carboxylic acids is 1. The average Bonchev–Trinajstić information content (AvgIpc) is 2.65. The molecule has 0 aliphatic carbocycles. The number of rotatable bonds is 2. The fourth-order valence-electron chi connectivity index (χ4n) is 2.43. The molecule has 5 nitrogen and oxygen atoms in total. The van der Waals surface area contributed by atoms with Gasteiger partial charge in [-0.3, -0.25) is 0 Å². The maximum atomic E-state index is 11.7. The summed E-state index contributed by atoms with van der Waals surface area (Å²) in [6, 6.07) is 0.680. The molecule has 2 heterocycles. The van der Waals surface area contributed by atoms with Crippen LogP contribution in [0, 0.1) is 0 Å². The second kappa shape index (κ2) is 5.50. The first-order valence-corrected chi connectivity index (χ1v) is 6.20. The number of nitrogens with zero attached hydrogens (tertiary/aromatic N) is 1. The minimum absolute atomic E-state index is 0.00667. The standard InChI is InChI=1S/C11H22N4O/c1-15-7-4-10(8-15)14-11(16)13-9-2-5-12-6-3-9/h9-10,12H,2-8H2,1H3,(H2,13,14,16). The van der Waals surface area contributed by atoms with Crippen molar-refractivity contribution in [3.8, 4) is 0 Å². The monoisotopic (exact) mass is 226 g/mol. The van der Waals surface area contributed by atoms with Crippen LogP contribution in [0.15, 0.2) is 0 Å². The molecular weight excluding hydrogens is 204 g/mol. The van der Waals surface area contributed by atoms with Gasteiger partial charge in [0.25, 0.3) is 0 Å². The smallest absolute Gasteiger partial charge is 0.315 e. The molecule has 2 amide bonds. The van der Waals surface area contributed by atoms with Gasteiger partial charge in [0.15, 0.2) is 0 Å². The quantitative estimate of drug-likeness (QED) is 0.608. The van der Waals surface area contributed by atoms with Crippen molar-refractivity contribution in [1.82, 2.24) is 20.9 Å². The van der Waals surface area contributed by atoms with Crippen LogP contribution >= 0.6 is 0 Å². The van der Waals surface area contributed by atoms with E-state index in [0.29, 0.717) is 12.1 Å². The minimum atomic E-state index is 0.00667. The van der Waals surface area contributed by atoms with Gasteiger partial charge in [0.1, 0.15) is 0 Å². The van der Waals surface area contributed by atoms with Gasteiger partial charge >= 0.3 is 6.03 Å². The number of hydrogen-bond donors (Lipinski definition) is 3. The van der Waals surface area contributed by atoms with Crippen LogP contribution in [0.5, 0.6) is 0 Å². The number of hydrogen-bond acceptors (Lipinski definition) is 3. The van der Waals surface area contributed by atoms with E-state index in [1.54, 1.807) is 0 Å². The molecular formula is C11H22N4O. The summed E-state index contributed by atoms with van der Waals surface area (Å²) in [6.45, 7) is 4.08. The van der Waals surface area contributed by atoms with Gasteiger partial charge in [-0.2, -0.15) is 0 Å². The van der Waals surface area contributed by atoms with Gasteiger partial charge in [-0.05, 0) is 45.9 Å². The van der Waals surface area contributed by atoms with Gasteiger partial charge in [0.2, 0.25) is 0 Å². The lowest BCUT2D eigenvalue weighted by Crippen LogP contribution is -2.49. The molecule has 3 N–H and O–H groups in total. The van der Waals surface area contributed by atoms with Crippen LogP contribution < -0.4 is 16.0 Å². The molecule has 2 fully saturated rings. The first-order chi connectivity index (χ1) is 7.74. The zero-order valence-electron chi connectivity index (χ0n) is 9.96. The number of likely N-dealkylation sites (tertiary alicyclic amines) is 1. The zero-order chi connectivity index (χ0) is 11.4. The molecule has 1 unspecified atom stereocenters. The highest BCUT2D eigenvalue weighted by Gasteiger charge is 2.22. The summed E-state index contributed by atoms with van der Waals surface area (Å²) in [5, 5.41) is 9.38. The third-order valence-electron chi connectivity index (χ3n) is 3.40. The first kappa shape index (κ1) is 11.7. The number of urea groups is 1. The molecule has 0 radical (unpaired) electrons. The highest BCUT2D eigenvalue weighted by Crippen LogP contribution is 2.06. The number of amides is 2. The summed E-state index contributed by atoms with van der Waals surface area (Å²) in [4.78, 5) is 14.0. The average molecular weight is 226 g/mol. The van der Waals surface area contributed by atoms with E-state index in [4.69, 9.17) is 0 Å². The van der Waals surface area contributed by atoms with E-state index in [1.165, 1.54) is 0 Å². The largest absolute Gasteiger partial charge is 0.335 e. The van der Waals surface area contributed by atoms with Crippen LogP contribution in [-0.2, 0) is 0 Å². The van der Waals surface area contributed by atoms with Crippen molar-refractivity contribution in [2.24, 2.45) is 0 Å². The van der Waals surface area contributed by atoms with Gasteiger partial charge in [-0.25, -0.2) is 4.79 Å². The van der Waals surface area contributed by atoms with Crippen molar-refractivity contribution >= 4 is 6.03 Å². The summed E-state index contributed by atoms with van der Waals surface area (Å²) < 4.78 is 0. The van der Waals surface area contributed by atoms with Crippen molar-refractivity contribution < 1.29 is 4.79 Å². The molecule has 0 aromatic heterocycles.